The Balaban J connectivity index is 1.92. The van der Waals surface area contributed by atoms with Gasteiger partial charge in [-0.15, -0.1) is 0 Å². The quantitative estimate of drug-likeness (QED) is 0.308. The molecule has 2 amide bonds. The van der Waals surface area contributed by atoms with Gasteiger partial charge in [0.25, 0.3) is 5.91 Å². The van der Waals surface area contributed by atoms with E-state index in [4.69, 9.17) is 27.9 Å². The van der Waals surface area contributed by atoms with Crippen molar-refractivity contribution in [2.75, 3.05) is 6.61 Å². The second kappa shape index (κ2) is 13.0. The molecule has 0 unspecified atom stereocenters. The highest BCUT2D eigenvalue weighted by atomic mass is 79.9. The third kappa shape index (κ3) is 8.27. The van der Waals surface area contributed by atoms with Crippen molar-refractivity contribution in [1.29, 1.82) is 0 Å². The van der Waals surface area contributed by atoms with Gasteiger partial charge in [0.15, 0.2) is 6.61 Å². The molecule has 0 aliphatic heterocycles. The van der Waals surface area contributed by atoms with Crippen LogP contribution < -0.4 is 10.1 Å². The first-order valence-electron chi connectivity index (χ1n) is 11.2. The van der Waals surface area contributed by atoms with Crippen LogP contribution in [0.2, 0.25) is 10.0 Å². The summed E-state index contributed by atoms with van der Waals surface area (Å²) in [6.07, 6.45) is 0.352. The minimum Gasteiger partial charge on any atom is -0.484 e. The summed E-state index contributed by atoms with van der Waals surface area (Å²) in [5.74, 6) is 0.00186. The zero-order valence-corrected chi connectivity index (χ0v) is 22.6. The zero-order valence-electron chi connectivity index (χ0n) is 19.5. The molecular weight excluding hydrogens is 551 g/mol. The Kier molecular flexibility index (Phi) is 10.0. The lowest BCUT2D eigenvalue weighted by Crippen LogP contribution is -2.52. The molecule has 3 aromatic carbocycles. The first kappa shape index (κ1) is 27.1. The Hall–Kier alpha value is -2.54. The van der Waals surface area contributed by atoms with Gasteiger partial charge in [0.1, 0.15) is 11.8 Å². The van der Waals surface area contributed by atoms with Gasteiger partial charge < -0.3 is 15.0 Å². The van der Waals surface area contributed by atoms with Crippen LogP contribution in [-0.4, -0.2) is 35.4 Å². The summed E-state index contributed by atoms with van der Waals surface area (Å²) in [5, 5.41) is 3.76. The molecule has 0 radical (unpaired) electrons. The van der Waals surface area contributed by atoms with Crippen LogP contribution >= 0.6 is 39.1 Å². The predicted molar refractivity (Wildman–Crippen MR) is 144 cm³/mol. The van der Waals surface area contributed by atoms with Crippen LogP contribution in [0.4, 0.5) is 0 Å². The van der Waals surface area contributed by atoms with Gasteiger partial charge in [-0.2, -0.15) is 0 Å². The lowest BCUT2D eigenvalue weighted by molar-refractivity contribution is -0.143. The molecule has 0 aliphatic rings. The topological polar surface area (TPSA) is 58.6 Å². The van der Waals surface area contributed by atoms with Crippen LogP contribution in [0.3, 0.4) is 0 Å². The number of nitrogens with zero attached hydrogens (tertiary/aromatic N) is 1. The Morgan fingerprint density at radius 1 is 0.943 bits per heavy atom. The number of halogens is 3. The number of carbonyl (C=O) groups excluding carboxylic acids is 2. The second-order valence-corrected chi connectivity index (χ2v) is 10.1. The van der Waals surface area contributed by atoms with E-state index in [1.165, 1.54) is 0 Å². The maximum absolute atomic E-state index is 13.5. The van der Waals surface area contributed by atoms with E-state index in [9.17, 15) is 9.59 Å². The number of ether oxygens (including phenoxy) is 1. The minimum absolute atomic E-state index is 0.0817. The summed E-state index contributed by atoms with van der Waals surface area (Å²) in [5.41, 5.74) is 1.70. The van der Waals surface area contributed by atoms with E-state index in [0.29, 0.717) is 22.2 Å². The van der Waals surface area contributed by atoms with Gasteiger partial charge in [-0.05, 0) is 61.4 Å². The molecule has 0 saturated carbocycles. The second-order valence-electron chi connectivity index (χ2n) is 8.38. The number of amides is 2. The van der Waals surface area contributed by atoms with Gasteiger partial charge in [-0.25, -0.2) is 0 Å². The summed E-state index contributed by atoms with van der Waals surface area (Å²) in [7, 11) is 0. The summed E-state index contributed by atoms with van der Waals surface area (Å²) in [6.45, 7) is 3.73. The average molecular weight is 578 g/mol. The van der Waals surface area contributed by atoms with Crippen LogP contribution in [0.15, 0.2) is 77.3 Å². The lowest BCUT2D eigenvalue weighted by Gasteiger charge is -2.32. The Bertz CT molecular complexity index is 1140. The highest BCUT2D eigenvalue weighted by Gasteiger charge is 2.31. The maximum atomic E-state index is 13.5. The van der Waals surface area contributed by atoms with Crippen LogP contribution in [0.5, 0.6) is 5.75 Å². The van der Waals surface area contributed by atoms with Crippen molar-refractivity contribution >= 4 is 50.9 Å². The van der Waals surface area contributed by atoms with Gasteiger partial charge in [0, 0.05) is 23.5 Å². The molecule has 0 aromatic heterocycles. The van der Waals surface area contributed by atoms with Gasteiger partial charge in [-0.3, -0.25) is 9.59 Å². The van der Waals surface area contributed by atoms with Crippen molar-refractivity contribution in [1.82, 2.24) is 10.2 Å². The number of carbonyl (C=O) groups is 2. The molecule has 1 N–H and O–H groups in total. The third-order valence-corrected chi connectivity index (χ3v) is 6.48. The van der Waals surface area contributed by atoms with E-state index in [1.807, 2.05) is 56.3 Å². The molecule has 0 heterocycles. The van der Waals surface area contributed by atoms with Crippen LogP contribution in [0.25, 0.3) is 0 Å². The molecule has 0 saturated heterocycles. The van der Waals surface area contributed by atoms with Crippen LogP contribution in [-0.2, 0) is 22.6 Å². The van der Waals surface area contributed by atoms with E-state index in [1.54, 1.807) is 35.2 Å². The molecule has 3 rings (SSSR count). The van der Waals surface area contributed by atoms with Crippen molar-refractivity contribution in [2.45, 2.75) is 38.9 Å². The molecule has 35 heavy (non-hydrogen) atoms. The molecular formula is C27H27BrCl2N2O3. The van der Waals surface area contributed by atoms with Gasteiger partial charge in [-0.1, -0.05) is 75.5 Å². The van der Waals surface area contributed by atoms with E-state index in [2.05, 4.69) is 21.2 Å². The first-order chi connectivity index (χ1) is 16.7. The monoisotopic (exact) mass is 576 g/mol. The number of hydrogen-bond donors (Lipinski definition) is 1. The highest BCUT2D eigenvalue weighted by molar-refractivity contribution is 9.10. The molecule has 184 valence electrons. The van der Waals surface area contributed by atoms with Gasteiger partial charge >= 0.3 is 0 Å². The number of nitrogens with one attached hydrogen (secondary N) is 1. The van der Waals surface area contributed by atoms with E-state index >= 15 is 0 Å². The van der Waals surface area contributed by atoms with Gasteiger partial charge in [0.05, 0.1) is 10.0 Å². The molecule has 5 nitrogen and oxygen atoms in total. The zero-order chi connectivity index (χ0) is 25.4. The standard InChI is InChI=1S/C27H27BrCl2N2O3/c1-18(2)31-27(34)25(15-19-6-4-3-5-7-19)32(16-20-8-13-23(29)24(30)14-20)26(33)17-35-22-11-9-21(28)10-12-22/h3-14,18,25H,15-17H2,1-2H3,(H,31,34)/t25-/m1/s1. The van der Waals surface area contributed by atoms with Crippen molar-refractivity contribution < 1.29 is 14.3 Å². The fourth-order valence-electron chi connectivity index (χ4n) is 3.53. The van der Waals surface area contributed by atoms with Gasteiger partial charge in [0.2, 0.25) is 5.91 Å². The van der Waals surface area contributed by atoms with E-state index < -0.39 is 6.04 Å². The lowest BCUT2D eigenvalue weighted by atomic mass is 10.0. The minimum atomic E-state index is -0.754. The molecule has 3 aromatic rings. The molecule has 0 bridgehead atoms. The smallest absolute Gasteiger partial charge is 0.261 e. The normalized spacial score (nSPS) is 11.7. The molecule has 0 spiro atoms. The highest BCUT2D eigenvalue weighted by Crippen LogP contribution is 2.24. The largest absolute Gasteiger partial charge is 0.484 e. The first-order valence-corrected chi connectivity index (χ1v) is 12.7. The third-order valence-electron chi connectivity index (χ3n) is 5.21. The SMILES string of the molecule is CC(C)NC(=O)[C@@H](Cc1ccccc1)N(Cc1ccc(Cl)c(Cl)c1)C(=O)COc1ccc(Br)cc1. The number of rotatable bonds is 10. The Labute approximate surface area is 224 Å². The number of hydrogen-bond acceptors (Lipinski definition) is 3. The van der Waals surface area contributed by atoms with Crippen LogP contribution in [0, 0.1) is 0 Å². The summed E-state index contributed by atoms with van der Waals surface area (Å²) >= 11 is 15.7. The predicted octanol–water partition coefficient (Wildman–Crippen LogP) is 6.30. The fourth-order valence-corrected chi connectivity index (χ4v) is 4.11. The van der Waals surface area contributed by atoms with E-state index in [0.717, 1.165) is 15.6 Å². The van der Waals surface area contributed by atoms with Crippen molar-refractivity contribution in [2.24, 2.45) is 0 Å². The Morgan fingerprint density at radius 2 is 1.63 bits per heavy atom. The summed E-state index contributed by atoms with van der Waals surface area (Å²) in [4.78, 5) is 28.4. The summed E-state index contributed by atoms with van der Waals surface area (Å²) in [6, 6.07) is 21.2. The van der Waals surface area contributed by atoms with Crippen LogP contribution in [0.1, 0.15) is 25.0 Å². The van der Waals surface area contributed by atoms with Crippen molar-refractivity contribution in [3.8, 4) is 5.75 Å². The molecule has 1 atom stereocenters. The summed E-state index contributed by atoms with van der Waals surface area (Å²) < 4.78 is 6.66. The maximum Gasteiger partial charge on any atom is 0.261 e. The fraction of sp³-hybridized carbons (Fsp3) is 0.259. The van der Waals surface area contributed by atoms with Crippen molar-refractivity contribution in [3.63, 3.8) is 0 Å². The van der Waals surface area contributed by atoms with E-state index in [-0.39, 0.29) is 31.0 Å². The number of benzene rings is 3. The van der Waals surface area contributed by atoms with Crippen molar-refractivity contribution in [3.05, 3.63) is 98.4 Å². The molecule has 0 fully saturated rings. The molecule has 0 aliphatic carbocycles. The molecule has 8 heteroatoms. The average Bonchev–Trinajstić information content (AvgIpc) is 2.83. The Morgan fingerprint density at radius 3 is 2.26 bits per heavy atom.